The Morgan fingerprint density at radius 3 is 2.35 bits per heavy atom. The summed E-state index contributed by atoms with van der Waals surface area (Å²) in [4.78, 5) is 36.8. The predicted molar refractivity (Wildman–Crippen MR) is 86.8 cm³/mol. The third-order valence-electron chi connectivity index (χ3n) is 4.32. The standard InChI is InChI=1S/C17H19BrO5/c1-9(14(19)10-5-7-11(18)8-6-10)13-12(15(20)22-4)16(21)23-17(13,2)3/h5-9,12-13H,1-4H3. The van der Waals surface area contributed by atoms with Crippen LogP contribution >= 0.6 is 15.9 Å². The fourth-order valence-electron chi connectivity index (χ4n) is 3.24. The molecule has 0 saturated carbocycles. The zero-order valence-corrected chi connectivity index (χ0v) is 15.0. The van der Waals surface area contributed by atoms with E-state index >= 15 is 0 Å². The van der Waals surface area contributed by atoms with Crippen molar-refractivity contribution < 1.29 is 23.9 Å². The Hall–Kier alpha value is -1.69. The van der Waals surface area contributed by atoms with E-state index in [1.807, 2.05) is 0 Å². The number of methoxy groups -OCH3 is 1. The van der Waals surface area contributed by atoms with E-state index in [0.29, 0.717) is 5.56 Å². The maximum Gasteiger partial charge on any atom is 0.321 e. The smallest absolute Gasteiger partial charge is 0.321 e. The molecule has 0 spiro atoms. The molecule has 0 aromatic heterocycles. The average Bonchev–Trinajstić information content (AvgIpc) is 2.74. The Kier molecular flexibility index (Phi) is 4.94. The molecule has 5 nitrogen and oxygen atoms in total. The molecule has 1 fully saturated rings. The first-order valence-electron chi connectivity index (χ1n) is 7.29. The van der Waals surface area contributed by atoms with Crippen LogP contribution in [0.1, 0.15) is 31.1 Å². The summed E-state index contributed by atoms with van der Waals surface area (Å²) in [6, 6.07) is 6.97. The number of hydrogen-bond acceptors (Lipinski definition) is 5. The number of hydrogen-bond donors (Lipinski definition) is 0. The Balaban J connectivity index is 2.35. The van der Waals surface area contributed by atoms with Gasteiger partial charge in [-0.05, 0) is 26.0 Å². The molecule has 6 heteroatoms. The van der Waals surface area contributed by atoms with Gasteiger partial charge in [-0.3, -0.25) is 14.4 Å². The van der Waals surface area contributed by atoms with Crippen LogP contribution in [0, 0.1) is 17.8 Å². The van der Waals surface area contributed by atoms with E-state index in [4.69, 9.17) is 9.47 Å². The van der Waals surface area contributed by atoms with Crippen molar-refractivity contribution in [2.75, 3.05) is 7.11 Å². The number of carbonyl (C=O) groups is 3. The first-order chi connectivity index (χ1) is 10.7. The van der Waals surface area contributed by atoms with Crippen molar-refractivity contribution >= 4 is 33.7 Å². The van der Waals surface area contributed by atoms with Crippen molar-refractivity contribution in [3.8, 4) is 0 Å². The topological polar surface area (TPSA) is 69.7 Å². The van der Waals surface area contributed by atoms with Crippen LogP contribution in [0.25, 0.3) is 0 Å². The SMILES string of the molecule is COC(=O)C1C(=O)OC(C)(C)C1C(C)C(=O)c1ccc(Br)cc1. The second-order valence-corrected chi connectivity index (χ2v) is 7.13. The van der Waals surface area contributed by atoms with Crippen molar-refractivity contribution in [2.45, 2.75) is 26.4 Å². The van der Waals surface area contributed by atoms with Crippen molar-refractivity contribution in [1.82, 2.24) is 0 Å². The Morgan fingerprint density at radius 1 is 1.26 bits per heavy atom. The summed E-state index contributed by atoms with van der Waals surface area (Å²) in [5, 5.41) is 0. The lowest BCUT2D eigenvalue weighted by Gasteiger charge is -2.30. The summed E-state index contributed by atoms with van der Waals surface area (Å²) >= 11 is 3.32. The zero-order chi connectivity index (χ0) is 17.4. The molecule has 23 heavy (non-hydrogen) atoms. The van der Waals surface area contributed by atoms with Crippen LogP contribution in [0.4, 0.5) is 0 Å². The van der Waals surface area contributed by atoms with Gasteiger partial charge in [0.2, 0.25) is 0 Å². The lowest BCUT2D eigenvalue weighted by Crippen LogP contribution is -2.41. The van der Waals surface area contributed by atoms with Crippen LogP contribution in [0.5, 0.6) is 0 Å². The number of rotatable bonds is 4. The van der Waals surface area contributed by atoms with Crippen LogP contribution in [0.15, 0.2) is 28.7 Å². The zero-order valence-electron chi connectivity index (χ0n) is 13.5. The van der Waals surface area contributed by atoms with Crippen molar-refractivity contribution in [1.29, 1.82) is 0 Å². The van der Waals surface area contributed by atoms with Gasteiger partial charge in [-0.25, -0.2) is 0 Å². The summed E-state index contributed by atoms with van der Waals surface area (Å²) in [6.07, 6.45) is 0. The van der Waals surface area contributed by atoms with Crippen LogP contribution in [0.3, 0.4) is 0 Å². The molecule has 1 aromatic rings. The van der Waals surface area contributed by atoms with Gasteiger partial charge in [0.1, 0.15) is 5.60 Å². The highest BCUT2D eigenvalue weighted by Gasteiger charge is 2.57. The minimum absolute atomic E-state index is 0.136. The molecular weight excluding hydrogens is 364 g/mol. The number of ether oxygens (including phenoxy) is 2. The maximum atomic E-state index is 12.8. The van der Waals surface area contributed by atoms with Crippen LogP contribution in [-0.4, -0.2) is 30.4 Å². The Morgan fingerprint density at radius 2 is 1.83 bits per heavy atom. The predicted octanol–water partition coefficient (Wildman–Crippen LogP) is 3.01. The average molecular weight is 383 g/mol. The number of Topliss-reactive ketones (excluding diaryl/α,β-unsaturated/α-hetero) is 1. The van der Waals surface area contributed by atoms with Crippen LogP contribution < -0.4 is 0 Å². The van der Waals surface area contributed by atoms with Gasteiger partial charge in [0.15, 0.2) is 11.7 Å². The van der Waals surface area contributed by atoms with Gasteiger partial charge in [-0.1, -0.05) is 35.0 Å². The van der Waals surface area contributed by atoms with Crippen LogP contribution in [-0.2, 0) is 19.1 Å². The molecule has 0 aliphatic carbocycles. The van der Waals surface area contributed by atoms with Gasteiger partial charge in [0.05, 0.1) is 7.11 Å². The second-order valence-electron chi connectivity index (χ2n) is 6.21. The highest BCUT2D eigenvalue weighted by atomic mass is 79.9. The fraction of sp³-hybridized carbons (Fsp3) is 0.471. The summed E-state index contributed by atoms with van der Waals surface area (Å²) in [5.74, 6) is -3.67. The molecule has 1 aliphatic heterocycles. The molecule has 3 unspecified atom stereocenters. The molecule has 1 aromatic carbocycles. The fourth-order valence-corrected chi connectivity index (χ4v) is 3.50. The highest BCUT2D eigenvalue weighted by molar-refractivity contribution is 9.10. The normalized spacial score (nSPS) is 24.0. The van der Waals surface area contributed by atoms with Gasteiger partial charge in [0.25, 0.3) is 0 Å². The van der Waals surface area contributed by atoms with E-state index in [2.05, 4.69) is 15.9 Å². The van der Waals surface area contributed by atoms with E-state index in [0.717, 1.165) is 4.47 Å². The molecule has 0 N–H and O–H groups in total. The minimum atomic E-state index is -1.08. The first-order valence-corrected chi connectivity index (χ1v) is 8.09. The van der Waals surface area contributed by atoms with E-state index in [-0.39, 0.29) is 5.78 Å². The van der Waals surface area contributed by atoms with Gasteiger partial charge < -0.3 is 9.47 Å². The van der Waals surface area contributed by atoms with Crippen molar-refractivity contribution in [3.05, 3.63) is 34.3 Å². The number of esters is 2. The van der Waals surface area contributed by atoms with E-state index in [1.165, 1.54) is 7.11 Å². The lowest BCUT2D eigenvalue weighted by molar-refractivity contribution is -0.156. The molecule has 3 atom stereocenters. The molecule has 1 aliphatic rings. The third kappa shape index (κ3) is 3.32. The molecule has 1 saturated heterocycles. The van der Waals surface area contributed by atoms with Crippen molar-refractivity contribution in [3.63, 3.8) is 0 Å². The number of halogens is 1. The second kappa shape index (κ2) is 6.43. The Labute approximate surface area is 143 Å². The van der Waals surface area contributed by atoms with Gasteiger partial charge in [-0.15, -0.1) is 0 Å². The lowest BCUT2D eigenvalue weighted by atomic mass is 9.72. The number of cyclic esters (lactones) is 1. The van der Waals surface area contributed by atoms with Crippen molar-refractivity contribution in [2.24, 2.45) is 17.8 Å². The summed E-state index contributed by atoms with van der Waals surface area (Å²) in [5.41, 5.74) is -0.389. The third-order valence-corrected chi connectivity index (χ3v) is 4.84. The van der Waals surface area contributed by atoms with Crippen LogP contribution in [0.2, 0.25) is 0 Å². The molecule has 1 heterocycles. The Bertz CT molecular complexity index is 635. The molecule has 2 rings (SSSR count). The minimum Gasteiger partial charge on any atom is -0.468 e. The van der Waals surface area contributed by atoms with E-state index < -0.39 is 35.3 Å². The monoisotopic (exact) mass is 382 g/mol. The number of benzene rings is 1. The molecule has 0 bridgehead atoms. The maximum absolute atomic E-state index is 12.8. The highest BCUT2D eigenvalue weighted by Crippen LogP contribution is 2.43. The summed E-state index contributed by atoms with van der Waals surface area (Å²) in [6.45, 7) is 5.14. The number of ketones is 1. The van der Waals surface area contributed by atoms with Gasteiger partial charge in [0, 0.05) is 21.9 Å². The van der Waals surface area contributed by atoms with Gasteiger partial charge >= 0.3 is 11.9 Å². The molecular formula is C17H19BrO5. The quantitative estimate of drug-likeness (QED) is 0.454. The summed E-state index contributed by atoms with van der Waals surface area (Å²) < 4.78 is 10.9. The van der Waals surface area contributed by atoms with Gasteiger partial charge in [-0.2, -0.15) is 0 Å². The van der Waals surface area contributed by atoms with E-state index in [9.17, 15) is 14.4 Å². The summed E-state index contributed by atoms with van der Waals surface area (Å²) in [7, 11) is 1.22. The molecule has 124 valence electrons. The van der Waals surface area contributed by atoms with E-state index in [1.54, 1.807) is 45.0 Å². The molecule has 0 amide bonds. The first kappa shape index (κ1) is 17.7. The number of carbonyl (C=O) groups excluding carboxylic acids is 3. The largest absolute Gasteiger partial charge is 0.468 e. The molecule has 0 radical (unpaired) electrons.